The molecule has 2 aliphatic rings. The van der Waals surface area contributed by atoms with Gasteiger partial charge in [0, 0.05) is 50.9 Å². The van der Waals surface area contributed by atoms with Crippen LogP contribution >= 0.6 is 0 Å². The molecule has 14 aromatic rings. The topological polar surface area (TPSA) is 9.72 Å². The molecule has 0 aliphatic carbocycles. The van der Waals surface area contributed by atoms with Crippen LogP contribution in [0.4, 0.5) is 51.2 Å². The molecule has 16 rings (SSSR count). The van der Waals surface area contributed by atoms with Crippen molar-refractivity contribution in [3.8, 4) is 44.5 Å². The van der Waals surface area contributed by atoms with Gasteiger partial charge < -0.3 is 14.7 Å². The van der Waals surface area contributed by atoms with Crippen molar-refractivity contribution in [1.82, 2.24) is 0 Å². The lowest BCUT2D eigenvalue weighted by molar-refractivity contribution is 0.590. The monoisotopic (exact) mass is 1130 g/mol. The zero-order valence-corrected chi connectivity index (χ0v) is 50.6. The van der Waals surface area contributed by atoms with Crippen LogP contribution in [0, 0.1) is 0 Å². The largest absolute Gasteiger partial charge is 0.311 e. The molecule has 14 aromatic carbocycles. The van der Waals surface area contributed by atoms with Crippen molar-refractivity contribution in [3.63, 3.8) is 0 Å². The van der Waals surface area contributed by atoms with Gasteiger partial charge in [-0.25, -0.2) is 0 Å². The van der Waals surface area contributed by atoms with E-state index in [0.29, 0.717) is 0 Å². The highest BCUT2D eigenvalue weighted by Crippen LogP contribution is 2.53. The Morgan fingerprint density at radius 3 is 1.32 bits per heavy atom. The quantitative estimate of drug-likeness (QED) is 0.105. The van der Waals surface area contributed by atoms with Crippen LogP contribution in [0.5, 0.6) is 0 Å². The van der Waals surface area contributed by atoms with Crippen LogP contribution in [0.2, 0.25) is 0 Å². The van der Waals surface area contributed by atoms with Crippen LogP contribution in [0.1, 0.15) is 52.7 Å². The summed E-state index contributed by atoms with van der Waals surface area (Å²) in [5, 5.41) is 7.69. The molecule has 0 amide bonds. The van der Waals surface area contributed by atoms with Crippen LogP contribution in [-0.2, 0) is 10.8 Å². The highest BCUT2D eigenvalue weighted by atomic mass is 15.2. The Balaban J connectivity index is 1.04. The van der Waals surface area contributed by atoms with Gasteiger partial charge in [0.25, 0.3) is 6.71 Å². The molecule has 88 heavy (non-hydrogen) atoms. The number of rotatable bonds is 9. The molecular weight excluding hydrogens is 1060 g/mol. The summed E-state index contributed by atoms with van der Waals surface area (Å²) in [6, 6.07) is 110. The summed E-state index contributed by atoms with van der Waals surface area (Å²) < 4.78 is 0. The van der Waals surface area contributed by atoms with Crippen LogP contribution in [0.25, 0.3) is 76.8 Å². The van der Waals surface area contributed by atoms with Crippen molar-refractivity contribution < 1.29 is 0 Å². The van der Waals surface area contributed by atoms with Crippen molar-refractivity contribution in [2.45, 2.75) is 52.4 Å². The first-order chi connectivity index (χ1) is 42.9. The van der Waals surface area contributed by atoms with Gasteiger partial charge in [0.1, 0.15) is 0 Å². The number of nitrogens with zero attached hydrogens (tertiary/aromatic N) is 3. The highest BCUT2D eigenvalue weighted by molar-refractivity contribution is 7.00. The van der Waals surface area contributed by atoms with Gasteiger partial charge in [-0.1, -0.05) is 248 Å². The normalized spacial score (nSPS) is 12.8. The fourth-order valence-corrected chi connectivity index (χ4v) is 14.3. The third kappa shape index (κ3) is 8.80. The average molecular weight is 1130 g/mol. The first-order valence-corrected chi connectivity index (χ1v) is 31.0. The zero-order chi connectivity index (χ0) is 59.4. The second-order valence-corrected chi connectivity index (χ2v) is 26.1. The van der Waals surface area contributed by atoms with E-state index in [1.54, 1.807) is 0 Å². The number of benzene rings is 14. The molecule has 0 spiro atoms. The van der Waals surface area contributed by atoms with Crippen molar-refractivity contribution in [3.05, 3.63) is 302 Å². The van der Waals surface area contributed by atoms with Crippen LogP contribution in [0.15, 0.2) is 291 Å². The van der Waals surface area contributed by atoms with E-state index in [0.717, 1.165) is 62.2 Å². The second-order valence-electron chi connectivity index (χ2n) is 26.1. The van der Waals surface area contributed by atoms with Crippen LogP contribution in [0.3, 0.4) is 0 Å². The molecule has 0 saturated heterocycles. The Bertz CT molecular complexity index is 4900. The van der Waals surface area contributed by atoms with E-state index in [9.17, 15) is 0 Å². The Morgan fingerprint density at radius 1 is 0.273 bits per heavy atom. The summed E-state index contributed by atoms with van der Waals surface area (Å²) >= 11 is 0. The molecular formula is C84H66BN3. The van der Waals surface area contributed by atoms with Crippen molar-refractivity contribution >= 4 is 107 Å². The van der Waals surface area contributed by atoms with Gasteiger partial charge in [-0.2, -0.15) is 0 Å². The lowest BCUT2D eigenvalue weighted by atomic mass is 9.33. The number of anilines is 9. The standard InChI is InChI=1S/C84H66BN3/c1-83(2,3)63-42-46-75(71(52-63)61-48-59-40-38-57-28-23-29-58-39-41-60(49-61)81(59)80(57)58)87-76-47-43-64(84(4,5)6)53-73(76)85-72-45-44-67(86(65-30-15-9-16-31-65)66-32-17-10-18-33-66)54-77(72)88(74-37-22-21-36-70(74)56-26-13-8-14-27-56)79-51-62(50-78(87)82(79)85)69-35-20-19-34-68(69)55-24-11-7-12-25-55/h7-54H,1-6H3. The Kier molecular flexibility index (Phi) is 12.5. The molecule has 0 aromatic heterocycles. The Morgan fingerprint density at radius 2 is 0.727 bits per heavy atom. The molecule has 3 nitrogen and oxygen atoms in total. The smallest absolute Gasteiger partial charge is 0.252 e. The minimum absolute atomic E-state index is 0.123. The first-order valence-electron chi connectivity index (χ1n) is 31.0. The van der Waals surface area contributed by atoms with Crippen LogP contribution in [-0.4, -0.2) is 6.71 Å². The molecule has 0 unspecified atom stereocenters. The van der Waals surface area contributed by atoms with Gasteiger partial charge in [-0.05, 0) is 189 Å². The summed E-state index contributed by atoms with van der Waals surface area (Å²) in [5.74, 6) is 0. The summed E-state index contributed by atoms with van der Waals surface area (Å²) in [4.78, 5) is 7.69. The molecule has 4 heteroatoms. The zero-order valence-electron chi connectivity index (χ0n) is 50.6. The van der Waals surface area contributed by atoms with Crippen LogP contribution < -0.4 is 31.1 Å². The minimum atomic E-state index is -0.155. The Labute approximate surface area is 517 Å². The maximum Gasteiger partial charge on any atom is 0.252 e. The third-order valence-corrected chi connectivity index (χ3v) is 18.6. The number of hydrogen-bond donors (Lipinski definition) is 0. The molecule has 0 N–H and O–H groups in total. The lowest BCUT2D eigenvalue weighted by Gasteiger charge is -2.46. The molecule has 2 heterocycles. The fourth-order valence-electron chi connectivity index (χ4n) is 14.3. The highest BCUT2D eigenvalue weighted by Gasteiger charge is 2.45. The summed E-state index contributed by atoms with van der Waals surface area (Å²) in [5.41, 5.74) is 25.6. The van der Waals surface area contributed by atoms with E-state index in [2.05, 4.69) is 347 Å². The van der Waals surface area contributed by atoms with E-state index in [1.807, 2.05) is 0 Å². The summed E-state index contributed by atoms with van der Waals surface area (Å²) in [6.07, 6.45) is 0. The summed E-state index contributed by atoms with van der Waals surface area (Å²) in [6.45, 7) is 13.9. The molecule has 0 bridgehead atoms. The van der Waals surface area contributed by atoms with E-state index >= 15 is 0 Å². The minimum Gasteiger partial charge on any atom is -0.311 e. The van der Waals surface area contributed by atoms with Gasteiger partial charge >= 0.3 is 0 Å². The van der Waals surface area contributed by atoms with E-state index in [4.69, 9.17) is 0 Å². The van der Waals surface area contributed by atoms with Crippen molar-refractivity contribution in [2.75, 3.05) is 14.7 Å². The molecule has 0 atom stereocenters. The van der Waals surface area contributed by atoms with Crippen molar-refractivity contribution in [2.24, 2.45) is 0 Å². The maximum atomic E-state index is 2.66. The third-order valence-electron chi connectivity index (χ3n) is 18.6. The maximum absolute atomic E-state index is 2.66. The SMILES string of the molecule is CC(C)(C)c1ccc2c(c1)B1c3ccc(N(c4ccccc4)c4ccccc4)cc3N(c3ccccc3-c3ccccc3)c3cc(-c4ccccc4-c4ccccc4)cc(c31)N2c1ccc(C(C)(C)C)cc1-c1cc2ccc3cccc4ccc(c1)c2c34. The van der Waals surface area contributed by atoms with Gasteiger partial charge in [-0.15, -0.1) is 0 Å². The van der Waals surface area contributed by atoms with E-state index in [-0.39, 0.29) is 17.5 Å². The molecule has 0 radical (unpaired) electrons. The van der Waals surface area contributed by atoms with Gasteiger partial charge in [0.05, 0.1) is 11.4 Å². The van der Waals surface area contributed by atoms with Crippen molar-refractivity contribution in [1.29, 1.82) is 0 Å². The second kappa shape index (κ2) is 20.6. The first kappa shape index (κ1) is 53.1. The van der Waals surface area contributed by atoms with E-state index in [1.165, 1.54) is 93.3 Å². The van der Waals surface area contributed by atoms with Gasteiger partial charge in [0.2, 0.25) is 0 Å². The average Bonchev–Trinajstić information content (AvgIpc) is 0.856. The number of fused-ring (bicyclic) bond motifs is 4. The van der Waals surface area contributed by atoms with Gasteiger partial charge in [-0.3, -0.25) is 0 Å². The Hall–Kier alpha value is -10.4. The fraction of sp³-hybridized carbons (Fsp3) is 0.0952. The molecule has 420 valence electrons. The van der Waals surface area contributed by atoms with Gasteiger partial charge in [0.15, 0.2) is 0 Å². The lowest BCUT2D eigenvalue weighted by Crippen LogP contribution is -2.61. The molecule has 2 aliphatic heterocycles. The predicted octanol–water partition coefficient (Wildman–Crippen LogP) is 21.4. The summed E-state index contributed by atoms with van der Waals surface area (Å²) in [7, 11) is 0. The van der Waals surface area contributed by atoms with E-state index < -0.39 is 0 Å². The predicted molar refractivity (Wildman–Crippen MR) is 378 cm³/mol. The molecule has 0 saturated carbocycles. The number of hydrogen-bond acceptors (Lipinski definition) is 3. The molecule has 0 fully saturated rings. The number of para-hydroxylation sites is 3.